The monoisotopic (exact) mass is 389 g/mol. The normalized spacial score (nSPS) is 10.3. The number of aryl methyl sites for hydroxylation is 1. The lowest BCUT2D eigenvalue weighted by atomic mass is 10.1. The van der Waals surface area contributed by atoms with Crippen LogP contribution in [0.25, 0.3) is 10.6 Å². The van der Waals surface area contributed by atoms with Crippen molar-refractivity contribution in [2.24, 2.45) is 0 Å². The first kappa shape index (κ1) is 20.6. The van der Waals surface area contributed by atoms with Gasteiger partial charge >= 0.3 is 5.97 Å². The molecule has 0 bridgehead atoms. The number of esters is 1. The lowest BCUT2D eigenvalue weighted by molar-refractivity contribution is -0.148. The molecule has 1 aromatic carbocycles. The highest BCUT2D eigenvalue weighted by Gasteiger charge is 2.12. The Hall–Kier alpha value is -2.74. The molecular formula is C19H23N3O4S. The number of hydrogen-bond acceptors (Lipinski definition) is 6. The van der Waals surface area contributed by atoms with E-state index in [9.17, 15) is 14.4 Å². The SMILES string of the molecule is CCNC(=O)CNC(=O)COC(=O)Cc1csc(-c2ccc(CC)cc2)n1. The van der Waals surface area contributed by atoms with Crippen LogP contribution in [0.1, 0.15) is 25.1 Å². The van der Waals surface area contributed by atoms with Crippen molar-refractivity contribution in [1.82, 2.24) is 15.6 Å². The molecule has 1 aromatic heterocycles. The Morgan fingerprint density at radius 3 is 2.48 bits per heavy atom. The molecule has 27 heavy (non-hydrogen) atoms. The summed E-state index contributed by atoms with van der Waals surface area (Å²) in [6.45, 7) is 3.81. The van der Waals surface area contributed by atoms with Gasteiger partial charge in [0, 0.05) is 17.5 Å². The zero-order chi connectivity index (χ0) is 19.6. The summed E-state index contributed by atoms with van der Waals surface area (Å²) in [7, 11) is 0. The molecule has 7 nitrogen and oxygen atoms in total. The molecule has 2 rings (SSSR count). The number of nitrogens with one attached hydrogen (secondary N) is 2. The Bertz CT molecular complexity index is 787. The maximum Gasteiger partial charge on any atom is 0.312 e. The van der Waals surface area contributed by atoms with Gasteiger partial charge in [0.15, 0.2) is 6.61 Å². The highest BCUT2D eigenvalue weighted by molar-refractivity contribution is 7.13. The molecule has 144 valence electrons. The van der Waals surface area contributed by atoms with E-state index in [2.05, 4.69) is 34.7 Å². The van der Waals surface area contributed by atoms with Crippen molar-refractivity contribution in [2.45, 2.75) is 26.7 Å². The number of carbonyl (C=O) groups is 3. The number of thiazole rings is 1. The number of ether oxygens (including phenoxy) is 1. The van der Waals surface area contributed by atoms with Crippen LogP contribution in [0, 0.1) is 0 Å². The van der Waals surface area contributed by atoms with Crippen molar-refractivity contribution in [2.75, 3.05) is 19.7 Å². The van der Waals surface area contributed by atoms with E-state index in [1.54, 1.807) is 12.3 Å². The number of carbonyl (C=O) groups excluding carboxylic acids is 3. The van der Waals surface area contributed by atoms with Crippen LogP contribution in [0.2, 0.25) is 0 Å². The number of nitrogens with zero attached hydrogens (tertiary/aromatic N) is 1. The predicted molar refractivity (Wildman–Crippen MR) is 103 cm³/mol. The largest absolute Gasteiger partial charge is 0.455 e. The Balaban J connectivity index is 1.78. The van der Waals surface area contributed by atoms with Crippen LogP contribution in [0.4, 0.5) is 0 Å². The van der Waals surface area contributed by atoms with Crippen molar-refractivity contribution in [1.29, 1.82) is 0 Å². The summed E-state index contributed by atoms with van der Waals surface area (Å²) in [6.07, 6.45) is 0.971. The van der Waals surface area contributed by atoms with Gasteiger partial charge in [0.25, 0.3) is 5.91 Å². The molecule has 0 aliphatic rings. The minimum atomic E-state index is -0.540. The summed E-state index contributed by atoms with van der Waals surface area (Å²) in [5.41, 5.74) is 2.86. The van der Waals surface area contributed by atoms with Crippen LogP contribution in [0.5, 0.6) is 0 Å². The number of likely N-dealkylation sites (N-methyl/N-ethyl adjacent to an activating group) is 1. The van der Waals surface area contributed by atoms with Gasteiger partial charge < -0.3 is 15.4 Å². The first-order chi connectivity index (χ1) is 13.0. The molecule has 2 N–H and O–H groups in total. The molecule has 2 amide bonds. The third kappa shape index (κ3) is 6.82. The fourth-order valence-electron chi connectivity index (χ4n) is 2.24. The summed E-state index contributed by atoms with van der Waals surface area (Å²) in [4.78, 5) is 39.1. The van der Waals surface area contributed by atoms with Gasteiger partial charge in [0.2, 0.25) is 5.91 Å². The molecule has 2 aromatic rings. The number of aromatic nitrogens is 1. The average molecular weight is 389 g/mol. The quantitative estimate of drug-likeness (QED) is 0.637. The van der Waals surface area contributed by atoms with Crippen molar-refractivity contribution in [3.05, 3.63) is 40.9 Å². The number of hydrogen-bond donors (Lipinski definition) is 2. The molecule has 0 saturated carbocycles. The van der Waals surface area contributed by atoms with E-state index < -0.39 is 18.5 Å². The third-order valence-corrected chi connectivity index (χ3v) is 4.61. The maximum absolute atomic E-state index is 11.9. The Kier molecular flexibility index (Phi) is 7.94. The Morgan fingerprint density at radius 2 is 1.81 bits per heavy atom. The fraction of sp³-hybridized carbons (Fsp3) is 0.368. The topological polar surface area (TPSA) is 97.4 Å². The smallest absolute Gasteiger partial charge is 0.312 e. The lowest BCUT2D eigenvalue weighted by Gasteiger charge is -2.06. The third-order valence-electron chi connectivity index (χ3n) is 3.67. The molecule has 0 spiro atoms. The van der Waals surface area contributed by atoms with Gasteiger partial charge in [-0.15, -0.1) is 11.3 Å². The van der Waals surface area contributed by atoms with E-state index in [1.807, 2.05) is 12.1 Å². The van der Waals surface area contributed by atoms with E-state index in [0.717, 1.165) is 17.0 Å². The van der Waals surface area contributed by atoms with Gasteiger partial charge in [-0.05, 0) is 18.9 Å². The molecule has 0 aliphatic carbocycles. The molecular weight excluding hydrogens is 366 g/mol. The molecule has 0 saturated heterocycles. The maximum atomic E-state index is 11.9. The van der Waals surface area contributed by atoms with Crippen molar-refractivity contribution >= 4 is 29.1 Å². The second-order valence-electron chi connectivity index (χ2n) is 5.76. The zero-order valence-electron chi connectivity index (χ0n) is 15.4. The number of benzene rings is 1. The van der Waals surface area contributed by atoms with Gasteiger partial charge in [-0.2, -0.15) is 0 Å². The lowest BCUT2D eigenvalue weighted by Crippen LogP contribution is -2.38. The first-order valence-electron chi connectivity index (χ1n) is 8.74. The summed E-state index contributed by atoms with van der Waals surface area (Å²) < 4.78 is 4.93. The summed E-state index contributed by atoms with van der Waals surface area (Å²) in [6, 6.07) is 8.14. The molecule has 0 unspecified atom stereocenters. The Morgan fingerprint density at radius 1 is 1.07 bits per heavy atom. The Labute approximate surface area is 162 Å². The second kappa shape index (κ2) is 10.4. The van der Waals surface area contributed by atoms with Gasteiger partial charge in [0.1, 0.15) is 5.01 Å². The molecule has 0 atom stereocenters. The van der Waals surface area contributed by atoms with Crippen LogP contribution in [0.15, 0.2) is 29.6 Å². The van der Waals surface area contributed by atoms with E-state index in [1.165, 1.54) is 16.9 Å². The first-order valence-corrected chi connectivity index (χ1v) is 9.62. The van der Waals surface area contributed by atoms with Crippen LogP contribution in [-0.4, -0.2) is 42.5 Å². The highest BCUT2D eigenvalue weighted by atomic mass is 32.1. The minimum absolute atomic E-state index is 0.00680. The molecule has 1 heterocycles. The predicted octanol–water partition coefficient (Wildman–Crippen LogP) is 1.71. The summed E-state index contributed by atoms with van der Waals surface area (Å²) in [5, 5.41) is 7.57. The van der Waals surface area contributed by atoms with Crippen molar-refractivity contribution < 1.29 is 19.1 Å². The van der Waals surface area contributed by atoms with E-state index in [-0.39, 0.29) is 18.9 Å². The van der Waals surface area contributed by atoms with Crippen molar-refractivity contribution in [3.63, 3.8) is 0 Å². The van der Waals surface area contributed by atoms with E-state index >= 15 is 0 Å². The minimum Gasteiger partial charge on any atom is -0.455 e. The highest BCUT2D eigenvalue weighted by Crippen LogP contribution is 2.24. The van der Waals surface area contributed by atoms with Gasteiger partial charge in [-0.25, -0.2) is 4.98 Å². The van der Waals surface area contributed by atoms with E-state index in [0.29, 0.717) is 12.2 Å². The number of rotatable bonds is 9. The van der Waals surface area contributed by atoms with Gasteiger partial charge in [0.05, 0.1) is 18.7 Å². The molecule has 8 heteroatoms. The van der Waals surface area contributed by atoms with Gasteiger partial charge in [-0.3, -0.25) is 14.4 Å². The van der Waals surface area contributed by atoms with Gasteiger partial charge in [-0.1, -0.05) is 31.2 Å². The average Bonchev–Trinajstić information content (AvgIpc) is 3.13. The summed E-state index contributed by atoms with van der Waals surface area (Å²) in [5.74, 6) is -1.36. The zero-order valence-corrected chi connectivity index (χ0v) is 16.2. The van der Waals surface area contributed by atoms with Crippen LogP contribution >= 0.6 is 11.3 Å². The van der Waals surface area contributed by atoms with Crippen LogP contribution in [0.3, 0.4) is 0 Å². The molecule has 0 radical (unpaired) electrons. The van der Waals surface area contributed by atoms with Crippen LogP contribution in [-0.2, 0) is 32.0 Å². The standard InChI is InChI=1S/C19H23N3O4S/c1-3-13-5-7-14(8-6-13)19-22-15(12-27-19)9-18(25)26-11-17(24)21-10-16(23)20-4-2/h5-8,12H,3-4,9-11H2,1-2H3,(H,20,23)(H,21,24). The van der Waals surface area contributed by atoms with E-state index in [4.69, 9.17) is 4.74 Å². The molecule has 0 fully saturated rings. The fourth-order valence-corrected chi connectivity index (χ4v) is 3.06. The molecule has 0 aliphatic heterocycles. The van der Waals surface area contributed by atoms with Crippen LogP contribution < -0.4 is 10.6 Å². The second-order valence-corrected chi connectivity index (χ2v) is 6.62. The number of amides is 2. The summed E-state index contributed by atoms with van der Waals surface area (Å²) >= 11 is 1.46. The van der Waals surface area contributed by atoms with Crippen molar-refractivity contribution in [3.8, 4) is 10.6 Å².